The first kappa shape index (κ1) is 15.4. The van der Waals surface area contributed by atoms with Gasteiger partial charge in [0.2, 0.25) is 0 Å². The van der Waals surface area contributed by atoms with Crippen LogP contribution in [0.2, 0.25) is 0 Å². The fourth-order valence-electron chi connectivity index (χ4n) is 1.54. The first-order valence-corrected chi connectivity index (χ1v) is 6.76. The van der Waals surface area contributed by atoms with Gasteiger partial charge in [-0.1, -0.05) is 67.6 Å². The molecule has 0 heterocycles. The fourth-order valence-corrected chi connectivity index (χ4v) is 1.54. The van der Waals surface area contributed by atoms with E-state index in [1.165, 1.54) is 11.1 Å². The predicted octanol–water partition coefficient (Wildman–Crippen LogP) is 3.37. The minimum Gasteiger partial charge on any atom is -0.396 e. The maximum absolute atomic E-state index is 7.88. The van der Waals surface area contributed by atoms with Crippen molar-refractivity contribution in [3.63, 3.8) is 0 Å². The number of rotatable bonds is 5. The lowest BCUT2D eigenvalue weighted by Gasteiger charge is -2.04. The Kier molecular flexibility index (Phi) is 8.36. The molecular weight excluding hydrogens is 234 g/mol. The van der Waals surface area contributed by atoms with Gasteiger partial charge in [-0.25, -0.2) is 0 Å². The summed E-state index contributed by atoms with van der Waals surface area (Å²) in [5.74, 6) is 0. The molecule has 0 unspecified atom stereocenters. The Bertz CT molecular complexity index is 372. The number of aliphatic hydroxyl groups excluding tert-OH is 1. The molecule has 0 aromatic heterocycles. The normalized spacial score (nSPS) is 9.58. The molecule has 0 bridgehead atoms. The van der Waals surface area contributed by atoms with Crippen molar-refractivity contribution >= 4 is 0 Å². The fraction of sp³-hybridized carbons (Fsp3) is 0.294. The smallest absolute Gasteiger partial charge is 0.0428 e. The highest BCUT2D eigenvalue weighted by molar-refractivity contribution is 5.16. The highest BCUT2D eigenvalue weighted by Crippen LogP contribution is 2.00. The van der Waals surface area contributed by atoms with Crippen molar-refractivity contribution in [2.75, 3.05) is 6.61 Å². The summed E-state index contributed by atoms with van der Waals surface area (Å²) < 4.78 is 0. The molecule has 19 heavy (non-hydrogen) atoms. The van der Waals surface area contributed by atoms with Gasteiger partial charge in [0.1, 0.15) is 0 Å². The summed E-state index contributed by atoms with van der Waals surface area (Å²) in [6.07, 6.45) is 0.875. The second kappa shape index (κ2) is 10.3. The molecule has 0 aliphatic rings. The maximum atomic E-state index is 7.88. The van der Waals surface area contributed by atoms with E-state index in [1.807, 2.05) is 19.1 Å². The topological polar surface area (TPSA) is 32.3 Å². The largest absolute Gasteiger partial charge is 0.396 e. The van der Waals surface area contributed by atoms with Gasteiger partial charge in [-0.05, 0) is 17.5 Å². The highest BCUT2D eigenvalue weighted by Gasteiger charge is 1.92. The molecule has 102 valence electrons. The van der Waals surface area contributed by atoms with Gasteiger partial charge in [-0.15, -0.1) is 0 Å². The van der Waals surface area contributed by atoms with Crippen LogP contribution in [0.15, 0.2) is 60.7 Å². The molecule has 2 heteroatoms. The number of nitrogens with one attached hydrogen (secondary N) is 1. The zero-order valence-corrected chi connectivity index (χ0v) is 11.5. The molecule has 0 aliphatic carbocycles. The van der Waals surface area contributed by atoms with Crippen LogP contribution in [-0.4, -0.2) is 11.7 Å². The standard InChI is InChI=1S/C14H15N.C3H8O/c1-3-7-13(8-4-1)11-15-12-14-9-5-2-6-10-14;1-2-3-4/h1-10,15H,11-12H2;4H,2-3H2,1H3. The molecule has 0 saturated carbocycles. The second-order valence-corrected chi connectivity index (χ2v) is 4.30. The average molecular weight is 257 g/mol. The van der Waals surface area contributed by atoms with Gasteiger partial charge < -0.3 is 10.4 Å². The molecule has 0 atom stereocenters. The molecule has 0 amide bonds. The highest BCUT2D eigenvalue weighted by atomic mass is 16.2. The van der Waals surface area contributed by atoms with Crippen molar-refractivity contribution < 1.29 is 5.11 Å². The molecule has 0 radical (unpaired) electrons. The SMILES string of the molecule is CCCO.c1ccc(CNCc2ccccc2)cc1. The van der Waals surface area contributed by atoms with Crippen molar-refractivity contribution in [1.29, 1.82) is 0 Å². The Labute approximate surface area is 116 Å². The molecule has 0 saturated heterocycles. The van der Waals surface area contributed by atoms with Gasteiger partial charge >= 0.3 is 0 Å². The molecule has 2 aromatic rings. The third kappa shape index (κ3) is 7.39. The van der Waals surface area contributed by atoms with Crippen LogP contribution in [0.4, 0.5) is 0 Å². The first-order valence-electron chi connectivity index (χ1n) is 6.76. The summed E-state index contributed by atoms with van der Waals surface area (Å²) in [6.45, 7) is 4.10. The van der Waals surface area contributed by atoms with Crippen molar-refractivity contribution in [1.82, 2.24) is 5.32 Å². The number of hydrogen-bond acceptors (Lipinski definition) is 2. The van der Waals surface area contributed by atoms with E-state index in [2.05, 4.69) is 53.8 Å². The van der Waals surface area contributed by atoms with Gasteiger partial charge in [0.25, 0.3) is 0 Å². The van der Waals surface area contributed by atoms with Crippen LogP contribution in [0, 0.1) is 0 Å². The molecule has 2 N–H and O–H groups in total. The summed E-state index contributed by atoms with van der Waals surface area (Å²) >= 11 is 0. The van der Waals surface area contributed by atoms with Gasteiger partial charge in [-0.2, -0.15) is 0 Å². The van der Waals surface area contributed by atoms with E-state index in [0.717, 1.165) is 19.5 Å². The summed E-state index contributed by atoms with van der Waals surface area (Å²) in [4.78, 5) is 0. The van der Waals surface area contributed by atoms with Crippen molar-refractivity contribution in [2.24, 2.45) is 0 Å². The molecular formula is C17H23NO. The zero-order chi connectivity index (χ0) is 13.8. The molecule has 2 aromatic carbocycles. The maximum Gasteiger partial charge on any atom is 0.0428 e. The number of aliphatic hydroxyl groups is 1. The van der Waals surface area contributed by atoms with Crippen LogP contribution in [0.5, 0.6) is 0 Å². The van der Waals surface area contributed by atoms with Gasteiger partial charge in [-0.3, -0.25) is 0 Å². The Morgan fingerprint density at radius 2 is 1.16 bits per heavy atom. The Morgan fingerprint density at radius 1 is 0.789 bits per heavy atom. The van der Waals surface area contributed by atoms with E-state index in [-0.39, 0.29) is 0 Å². The monoisotopic (exact) mass is 257 g/mol. The molecule has 2 nitrogen and oxygen atoms in total. The van der Waals surface area contributed by atoms with Crippen molar-refractivity contribution in [2.45, 2.75) is 26.4 Å². The second-order valence-electron chi connectivity index (χ2n) is 4.30. The van der Waals surface area contributed by atoms with Gasteiger partial charge in [0.15, 0.2) is 0 Å². The summed E-state index contributed by atoms with van der Waals surface area (Å²) in [7, 11) is 0. The van der Waals surface area contributed by atoms with Crippen LogP contribution in [0.3, 0.4) is 0 Å². The number of hydrogen-bond donors (Lipinski definition) is 2. The lowest BCUT2D eigenvalue weighted by Crippen LogP contribution is -2.12. The molecule has 0 fully saturated rings. The van der Waals surface area contributed by atoms with Crippen LogP contribution in [-0.2, 0) is 13.1 Å². The van der Waals surface area contributed by atoms with E-state index in [0.29, 0.717) is 6.61 Å². The van der Waals surface area contributed by atoms with E-state index in [4.69, 9.17) is 5.11 Å². The third-order valence-electron chi connectivity index (χ3n) is 2.57. The summed E-state index contributed by atoms with van der Waals surface area (Å²) in [6, 6.07) is 20.9. The van der Waals surface area contributed by atoms with Crippen molar-refractivity contribution in [3.8, 4) is 0 Å². The van der Waals surface area contributed by atoms with Crippen LogP contribution in [0.25, 0.3) is 0 Å². The Morgan fingerprint density at radius 3 is 1.47 bits per heavy atom. The van der Waals surface area contributed by atoms with E-state index >= 15 is 0 Å². The lowest BCUT2D eigenvalue weighted by molar-refractivity contribution is 0.295. The van der Waals surface area contributed by atoms with Crippen molar-refractivity contribution in [3.05, 3.63) is 71.8 Å². The van der Waals surface area contributed by atoms with E-state index in [1.54, 1.807) is 0 Å². The zero-order valence-electron chi connectivity index (χ0n) is 11.5. The Balaban J connectivity index is 0.000000399. The third-order valence-corrected chi connectivity index (χ3v) is 2.57. The first-order chi connectivity index (χ1) is 9.36. The van der Waals surface area contributed by atoms with Gasteiger partial charge in [0, 0.05) is 19.7 Å². The summed E-state index contributed by atoms with van der Waals surface area (Å²) in [5.41, 5.74) is 2.65. The lowest BCUT2D eigenvalue weighted by atomic mass is 10.2. The number of benzene rings is 2. The van der Waals surface area contributed by atoms with Crippen LogP contribution in [0.1, 0.15) is 24.5 Å². The minimum absolute atomic E-state index is 0.319. The van der Waals surface area contributed by atoms with Crippen LogP contribution < -0.4 is 5.32 Å². The average Bonchev–Trinajstić information content (AvgIpc) is 2.50. The summed E-state index contributed by atoms with van der Waals surface area (Å²) in [5, 5.41) is 11.3. The quantitative estimate of drug-likeness (QED) is 0.860. The molecule has 2 rings (SSSR count). The Hall–Kier alpha value is -1.64. The van der Waals surface area contributed by atoms with E-state index in [9.17, 15) is 0 Å². The van der Waals surface area contributed by atoms with Crippen LogP contribution >= 0.6 is 0 Å². The minimum atomic E-state index is 0.319. The van der Waals surface area contributed by atoms with E-state index < -0.39 is 0 Å². The predicted molar refractivity (Wildman–Crippen MR) is 80.8 cm³/mol. The molecule has 0 spiro atoms. The molecule has 0 aliphatic heterocycles. The van der Waals surface area contributed by atoms with Gasteiger partial charge in [0.05, 0.1) is 0 Å².